The molecule has 0 unspecified atom stereocenters. The van der Waals surface area contributed by atoms with Gasteiger partial charge in [-0.2, -0.15) is 0 Å². The van der Waals surface area contributed by atoms with Crippen molar-refractivity contribution in [1.82, 2.24) is 9.38 Å². The topological polar surface area (TPSA) is 66.6 Å². The minimum absolute atomic E-state index is 0.0400. The van der Waals surface area contributed by atoms with E-state index in [2.05, 4.69) is 5.32 Å². The molecule has 5 heteroatoms. The van der Waals surface area contributed by atoms with Gasteiger partial charge in [-0.1, -0.05) is 60.7 Å². The van der Waals surface area contributed by atoms with Gasteiger partial charge in [0.05, 0.1) is 23.7 Å². The van der Waals surface area contributed by atoms with Crippen LogP contribution in [0.15, 0.2) is 89.7 Å². The minimum atomic E-state index is -0.248. The summed E-state index contributed by atoms with van der Waals surface area (Å²) in [5.74, 6) is 0. The Morgan fingerprint density at radius 1 is 0.839 bits per heavy atom. The highest BCUT2D eigenvalue weighted by molar-refractivity contribution is 6.18. The number of nitrogens with one attached hydrogen (secondary N) is 1. The van der Waals surface area contributed by atoms with E-state index in [9.17, 15) is 9.90 Å². The number of rotatable bonds is 4. The van der Waals surface area contributed by atoms with E-state index in [-0.39, 0.29) is 18.2 Å². The van der Waals surface area contributed by atoms with Crippen LogP contribution in [0.5, 0.6) is 0 Å². The van der Waals surface area contributed by atoms with Crippen LogP contribution in [-0.2, 0) is 0 Å². The number of aliphatic hydroxyl groups is 1. The number of para-hydroxylation sites is 2. The van der Waals surface area contributed by atoms with Gasteiger partial charge < -0.3 is 10.4 Å². The highest BCUT2D eigenvalue weighted by Crippen LogP contribution is 2.35. The first-order valence-electron chi connectivity index (χ1n) is 10.3. The van der Waals surface area contributed by atoms with Crippen molar-refractivity contribution in [2.45, 2.75) is 6.04 Å². The molecule has 0 saturated heterocycles. The number of fused-ring (bicyclic) bond motifs is 4. The highest BCUT2D eigenvalue weighted by atomic mass is 16.3. The molecule has 2 heterocycles. The molecule has 4 aromatic carbocycles. The van der Waals surface area contributed by atoms with Gasteiger partial charge in [0.15, 0.2) is 0 Å². The Bertz CT molecular complexity index is 1620. The number of hydrogen-bond donors (Lipinski definition) is 2. The minimum Gasteiger partial charge on any atom is -0.394 e. The molecule has 31 heavy (non-hydrogen) atoms. The van der Waals surface area contributed by atoms with Crippen LogP contribution in [0.4, 0.5) is 5.69 Å². The summed E-state index contributed by atoms with van der Waals surface area (Å²) in [4.78, 5) is 18.2. The zero-order valence-corrected chi connectivity index (χ0v) is 16.6. The molecule has 0 radical (unpaired) electrons. The molecular weight excluding hydrogens is 386 g/mol. The summed E-state index contributed by atoms with van der Waals surface area (Å²) in [5.41, 5.74) is 4.10. The van der Waals surface area contributed by atoms with E-state index in [1.807, 2.05) is 84.9 Å². The van der Waals surface area contributed by atoms with E-state index < -0.39 is 0 Å². The second-order valence-electron chi connectivity index (χ2n) is 7.74. The van der Waals surface area contributed by atoms with Crippen molar-refractivity contribution in [3.05, 3.63) is 101 Å². The summed E-state index contributed by atoms with van der Waals surface area (Å²) in [6.45, 7) is -0.0400. The largest absolute Gasteiger partial charge is 0.394 e. The fraction of sp³-hybridized carbons (Fsp3) is 0.0769. The van der Waals surface area contributed by atoms with Crippen molar-refractivity contribution in [1.29, 1.82) is 0 Å². The maximum atomic E-state index is 13.4. The van der Waals surface area contributed by atoms with Gasteiger partial charge in [0.2, 0.25) is 0 Å². The second-order valence-corrected chi connectivity index (χ2v) is 7.74. The van der Waals surface area contributed by atoms with Crippen LogP contribution in [0.25, 0.3) is 38.2 Å². The first-order valence-corrected chi connectivity index (χ1v) is 10.3. The molecule has 0 spiro atoms. The number of nitrogens with zero attached hydrogens (tertiary/aromatic N) is 2. The predicted octanol–water partition coefficient (Wildman–Crippen LogP) is 4.74. The van der Waals surface area contributed by atoms with Crippen molar-refractivity contribution in [2.75, 3.05) is 11.9 Å². The number of aromatic nitrogens is 2. The van der Waals surface area contributed by atoms with Gasteiger partial charge in [-0.15, -0.1) is 0 Å². The van der Waals surface area contributed by atoms with E-state index in [0.717, 1.165) is 38.4 Å². The smallest absolute Gasteiger partial charge is 0.264 e. The zero-order chi connectivity index (χ0) is 20.9. The van der Waals surface area contributed by atoms with Crippen molar-refractivity contribution in [2.24, 2.45) is 0 Å². The van der Waals surface area contributed by atoms with Gasteiger partial charge in [0, 0.05) is 27.2 Å². The number of imidazole rings is 1. The highest BCUT2D eigenvalue weighted by Gasteiger charge is 2.18. The lowest BCUT2D eigenvalue weighted by Gasteiger charge is -2.20. The fourth-order valence-electron chi connectivity index (χ4n) is 4.54. The summed E-state index contributed by atoms with van der Waals surface area (Å²) in [6.07, 6.45) is 0. The molecule has 0 aliphatic heterocycles. The van der Waals surface area contributed by atoms with E-state index in [1.54, 1.807) is 4.40 Å². The molecule has 6 rings (SSSR count). The molecule has 150 valence electrons. The lowest BCUT2D eigenvalue weighted by atomic mass is 10.00. The summed E-state index contributed by atoms with van der Waals surface area (Å²) in [5, 5.41) is 16.9. The maximum absolute atomic E-state index is 13.4. The van der Waals surface area contributed by atoms with Gasteiger partial charge in [0.1, 0.15) is 5.65 Å². The molecule has 2 aromatic heterocycles. The average molecular weight is 405 g/mol. The normalized spacial score (nSPS) is 12.8. The first-order chi connectivity index (χ1) is 15.3. The summed E-state index contributed by atoms with van der Waals surface area (Å²) >= 11 is 0. The molecule has 2 N–H and O–H groups in total. The Hall–Kier alpha value is -3.96. The Balaban J connectivity index is 1.63. The van der Waals surface area contributed by atoms with E-state index in [0.29, 0.717) is 11.0 Å². The Morgan fingerprint density at radius 2 is 1.61 bits per heavy atom. The number of pyridine rings is 1. The summed E-state index contributed by atoms with van der Waals surface area (Å²) in [7, 11) is 0. The van der Waals surface area contributed by atoms with Gasteiger partial charge in [0.25, 0.3) is 5.56 Å². The van der Waals surface area contributed by atoms with Crippen LogP contribution >= 0.6 is 0 Å². The monoisotopic (exact) mass is 405 g/mol. The third kappa shape index (κ3) is 2.60. The van der Waals surface area contributed by atoms with Crippen molar-refractivity contribution < 1.29 is 5.11 Å². The third-order valence-electron chi connectivity index (χ3n) is 5.99. The van der Waals surface area contributed by atoms with Gasteiger partial charge in [-0.25, -0.2) is 4.98 Å². The molecule has 0 bridgehead atoms. The molecule has 0 saturated carbocycles. The number of benzene rings is 4. The molecule has 0 aliphatic rings. The van der Waals surface area contributed by atoms with Crippen LogP contribution in [0.2, 0.25) is 0 Å². The van der Waals surface area contributed by atoms with Crippen molar-refractivity contribution in [3.8, 4) is 0 Å². The Kier molecular flexibility index (Phi) is 3.91. The number of hydrogen-bond acceptors (Lipinski definition) is 4. The maximum Gasteiger partial charge on any atom is 0.264 e. The number of aliphatic hydroxyl groups excluding tert-OH is 1. The lowest BCUT2D eigenvalue weighted by Crippen LogP contribution is -2.16. The van der Waals surface area contributed by atoms with Crippen LogP contribution in [0, 0.1) is 0 Å². The average Bonchev–Trinajstić information content (AvgIpc) is 3.22. The third-order valence-corrected chi connectivity index (χ3v) is 5.99. The van der Waals surface area contributed by atoms with Crippen LogP contribution in [-0.4, -0.2) is 21.1 Å². The zero-order valence-electron chi connectivity index (χ0n) is 16.6. The van der Waals surface area contributed by atoms with Crippen molar-refractivity contribution in [3.63, 3.8) is 0 Å². The van der Waals surface area contributed by atoms with Crippen LogP contribution < -0.4 is 10.9 Å². The van der Waals surface area contributed by atoms with E-state index in [4.69, 9.17) is 4.98 Å². The van der Waals surface area contributed by atoms with Crippen LogP contribution in [0.1, 0.15) is 11.6 Å². The van der Waals surface area contributed by atoms with Gasteiger partial charge >= 0.3 is 0 Å². The standard InChI is InChI=1S/C26H19N3O2/c30-15-22(16-7-2-1-3-8-16)27-20-14-13-19-24-17(20)9-6-10-18(24)25-28-21-11-4-5-12-23(21)29(25)26(19)31/h1-14,22,27,30H,15H2/t22-/m0/s1. The van der Waals surface area contributed by atoms with E-state index in [1.165, 1.54) is 0 Å². The fourth-order valence-corrected chi connectivity index (χ4v) is 4.54. The van der Waals surface area contributed by atoms with E-state index >= 15 is 0 Å². The van der Waals surface area contributed by atoms with Gasteiger partial charge in [-0.05, 0) is 29.8 Å². The molecule has 0 amide bonds. The van der Waals surface area contributed by atoms with Crippen LogP contribution in [0.3, 0.4) is 0 Å². The molecule has 5 nitrogen and oxygen atoms in total. The first kappa shape index (κ1) is 17.9. The summed E-state index contributed by atoms with van der Waals surface area (Å²) < 4.78 is 1.71. The Morgan fingerprint density at radius 3 is 2.45 bits per heavy atom. The Labute approximate surface area is 177 Å². The molecular formula is C26H19N3O2. The quantitative estimate of drug-likeness (QED) is 0.445. The molecule has 1 atom stereocenters. The molecule has 6 aromatic rings. The lowest BCUT2D eigenvalue weighted by molar-refractivity contribution is 0.276. The summed E-state index contributed by atoms with van der Waals surface area (Å²) in [6, 6.07) is 27.1. The SMILES string of the molecule is O=c1c2ccc(N[C@@H](CO)c3ccccc3)c3cccc(c32)c2nc3ccccc3n12. The van der Waals surface area contributed by atoms with Gasteiger partial charge in [-0.3, -0.25) is 9.20 Å². The molecule has 0 aliphatic carbocycles. The predicted molar refractivity (Wildman–Crippen MR) is 125 cm³/mol. The van der Waals surface area contributed by atoms with Crippen molar-refractivity contribution >= 4 is 43.9 Å². The second kappa shape index (κ2) is 6.79. The molecule has 0 fully saturated rings. The number of anilines is 1.